The third kappa shape index (κ3) is 7.14. The molecule has 0 saturated carbocycles. The van der Waals surface area contributed by atoms with Gasteiger partial charge in [-0.05, 0) is 31.4 Å². The van der Waals surface area contributed by atoms with E-state index in [0.29, 0.717) is 19.8 Å². The Bertz CT molecular complexity index is 196. The lowest BCUT2D eigenvalue weighted by Crippen LogP contribution is -2.25. The molecule has 0 spiro atoms. The minimum Gasteiger partial charge on any atom is -0.502 e. The van der Waals surface area contributed by atoms with E-state index in [4.69, 9.17) is 26.8 Å². The zero-order valence-corrected chi connectivity index (χ0v) is 9.57. The molecule has 6 heteroatoms. The van der Waals surface area contributed by atoms with Gasteiger partial charge in [-0.2, -0.15) is 0 Å². The molecule has 0 aromatic heterocycles. The van der Waals surface area contributed by atoms with Crippen LogP contribution in [0.25, 0.3) is 0 Å². The van der Waals surface area contributed by atoms with Gasteiger partial charge in [-0.25, -0.2) is 0 Å². The third-order valence-corrected chi connectivity index (χ3v) is 1.87. The van der Waals surface area contributed by atoms with Crippen molar-refractivity contribution in [2.75, 3.05) is 19.8 Å². The van der Waals surface area contributed by atoms with E-state index in [0.717, 1.165) is 0 Å². The summed E-state index contributed by atoms with van der Waals surface area (Å²) >= 11 is 9.15. The highest BCUT2D eigenvalue weighted by molar-refractivity contribution is 7.80. The van der Waals surface area contributed by atoms with Gasteiger partial charge in [0.25, 0.3) is 0 Å². The molecule has 1 unspecified atom stereocenters. The van der Waals surface area contributed by atoms with Crippen LogP contribution < -0.4 is 0 Å². The minimum atomic E-state index is -1.02. The lowest BCUT2D eigenvalue weighted by Gasteiger charge is -2.12. The first-order chi connectivity index (χ1) is 6.57. The van der Waals surface area contributed by atoms with Crippen LogP contribution in [0.5, 0.6) is 0 Å². The number of aliphatic hydroxyl groups is 2. The number of thiocarbonyl (C=S) groups is 2. The highest BCUT2D eigenvalue weighted by Gasteiger charge is 2.13. The summed E-state index contributed by atoms with van der Waals surface area (Å²) in [6, 6.07) is 0. The molecule has 82 valence electrons. The molecule has 14 heavy (non-hydrogen) atoms. The molecular weight excluding hydrogens is 224 g/mol. The van der Waals surface area contributed by atoms with Crippen molar-refractivity contribution in [1.82, 2.24) is 0 Å². The molecule has 2 N–H and O–H groups in total. The maximum absolute atomic E-state index is 9.29. The van der Waals surface area contributed by atoms with Crippen LogP contribution in [0.15, 0.2) is 0 Å². The van der Waals surface area contributed by atoms with Crippen molar-refractivity contribution in [3.05, 3.63) is 0 Å². The predicted octanol–water partition coefficient (Wildman–Crippen LogP) is 1.00. The van der Waals surface area contributed by atoms with Gasteiger partial charge in [0.15, 0.2) is 10.1 Å². The molecule has 0 heterocycles. The zero-order valence-electron chi connectivity index (χ0n) is 7.93. The van der Waals surface area contributed by atoms with Crippen LogP contribution in [-0.4, -0.2) is 46.2 Å². The van der Waals surface area contributed by atoms with Gasteiger partial charge in [0.2, 0.25) is 0 Å². The van der Waals surface area contributed by atoms with Gasteiger partial charge >= 0.3 is 0 Å². The van der Waals surface area contributed by atoms with E-state index < -0.39 is 6.10 Å². The number of aliphatic hydroxyl groups excluding tert-OH is 2. The second-order valence-electron chi connectivity index (χ2n) is 2.48. The molecule has 0 saturated heterocycles. The van der Waals surface area contributed by atoms with Crippen LogP contribution in [0.4, 0.5) is 0 Å². The van der Waals surface area contributed by atoms with Gasteiger partial charge < -0.3 is 19.7 Å². The Morgan fingerprint density at radius 3 is 2.50 bits per heavy atom. The Hall–Kier alpha value is -0.300. The molecule has 0 fully saturated rings. The average molecular weight is 238 g/mol. The highest BCUT2D eigenvalue weighted by Crippen LogP contribution is 1.99. The fraction of sp³-hybridized carbons (Fsp3) is 0.750. The van der Waals surface area contributed by atoms with Crippen LogP contribution in [0.1, 0.15) is 13.3 Å². The van der Waals surface area contributed by atoms with Crippen molar-refractivity contribution in [2.45, 2.75) is 19.4 Å². The maximum atomic E-state index is 9.29. The molecule has 0 aliphatic carbocycles. The first-order valence-corrected chi connectivity index (χ1v) is 5.03. The van der Waals surface area contributed by atoms with E-state index in [2.05, 4.69) is 12.2 Å². The molecular formula is C8H14O4S2. The van der Waals surface area contributed by atoms with Crippen LogP contribution in [0.3, 0.4) is 0 Å². The molecule has 0 bridgehead atoms. The van der Waals surface area contributed by atoms with Crippen molar-refractivity contribution in [1.29, 1.82) is 0 Å². The normalized spacial score (nSPS) is 12.1. The molecule has 4 nitrogen and oxygen atoms in total. The lowest BCUT2D eigenvalue weighted by molar-refractivity contribution is 0.0984. The van der Waals surface area contributed by atoms with Crippen LogP contribution >= 0.6 is 24.4 Å². The smallest absolute Gasteiger partial charge is 0.189 e. The summed E-state index contributed by atoms with van der Waals surface area (Å²) in [7, 11) is 0. The Balaban J connectivity index is 3.57. The quantitative estimate of drug-likeness (QED) is 0.510. The van der Waals surface area contributed by atoms with Gasteiger partial charge in [-0.3, -0.25) is 0 Å². The zero-order chi connectivity index (χ0) is 11.0. The van der Waals surface area contributed by atoms with Crippen molar-refractivity contribution < 1.29 is 19.7 Å². The fourth-order valence-corrected chi connectivity index (χ4v) is 1.01. The summed E-state index contributed by atoms with van der Waals surface area (Å²) < 4.78 is 10.00. The number of rotatable bonds is 7. The van der Waals surface area contributed by atoms with Crippen molar-refractivity contribution >= 4 is 34.5 Å². The molecule has 0 aliphatic rings. The Morgan fingerprint density at radius 1 is 1.36 bits per heavy atom. The summed E-state index contributed by atoms with van der Waals surface area (Å²) in [5, 5.41) is 17.7. The average Bonchev–Trinajstić information content (AvgIpc) is 2.11. The Labute approximate surface area is 93.8 Å². The van der Waals surface area contributed by atoms with Crippen LogP contribution in [0.2, 0.25) is 0 Å². The van der Waals surface area contributed by atoms with E-state index in [1.807, 2.05) is 6.92 Å². The van der Waals surface area contributed by atoms with Crippen LogP contribution in [-0.2, 0) is 9.47 Å². The minimum absolute atomic E-state index is 0.0288. The molecule has 1 atom stereocenters. The van der Waals surface area contributed by atoms with Crippen molar-refractivity contribution in [3.8, 4) is 0 Å². The van der Waals surface area contributed by atoms with Gasteiger partial charge in [0.1, 0.15) is 12.7 Å². The second kappa shape index (κ2) is 8.05. The molecule has 0 aromatic carbocycles. The summed E-state index contributed by atoms with van der Waals surface area (Å²) in [5.41, 5.74) is 0. The number of ether oxygens (including phenoxy) is 2. The summed E-state index contributed by atoms with van der Waals surface area (Å²) in [6.07, 6.45) is -1.09. The van der Waals surface area contributed by atoms with Gasteiger partial charge in [-0.1, -0.05) is 0 Å². The standard InChI is InChI=1S/C8H14O4S2/c1-2-11-3-4-12-8(14)6(9)5-7(10)13/h6,9H,2-5H2,1H3,(H,10,13). The van der Waals surface area contributed by atoms with E-state index in [1.165, 1.54) is 0 Å². The third-order valence-electron chi connectivity index (χ3n) is 1.32. The molecule has 0 radical (unpaired) electrons. The van der Waals surface area contributed by atoms with E-state index in [1.54, 1.807) is 0 Å². The van der Waals surface area contributed by atoms with Crippen molar-refractivity contribution in [2.24, 2.45) is 0 Å². The Kier molecular flexibility index (Phi) is 7.87. The lowest BCUT2D eigenvalue weighted by atomic mass is 10.3. The number of hydrogen-bond donors (Lipinski definition) is 2. The Morgan fingerprint density at radius 2 is 2.00 bits per heavy atom. The highest BCUT2D eigenvalue weighted by atomic mass is 32.1. The molecule has 0 amide bonds. The van der Waals surface area contributed by atoms with Gasteiger partial charge in [0.05, 0.1) is 6.61 Å². The van der Waals surface area contributed by atoms with E-state index in [9.17, 15) is 5.11 Å². The first-order valence-electron chi connectivity index (χ1n) is 4.22. The summed E-state index contributed by atoms with van der Waals surface area (Å²) in [6.45, 7) is 3.20. The van der Waals surface area contributed by atoms with E-state index >= 15 is 0 Å². The molecule has 0 aromatic rings. The molecule has 0 rings (SSSR count). The largest absolute Gasteiger partial charge is 0.502 e. The summed E-state index contributed by atoms with van der Waals surface area (Å²) in [4.78, 5) is 0. The summed E-state index contributed by atoms with van der Waals surface area (Å²) in [5.74, 6) is 0. The van der Waals surface area contributed by atoms with Crippen molar-refractivity contribution in [3.63, 3.8) is 0 Å². The molecule has 0 aliphatic heterocycles. The monoisotopic (exact) mass is 238 g/mol. The second-order valence-corrected chi connectivity index (χ2v) is 3.35. The predicted molar refractivity (Wildman–Crippen MR) is 60.9 cm³/mol. The first kappa shape index (κ1) is 13.7. The van der Waals surface area contributed by atoms with Crippen LogP contribution in [0, 0.1) is 0 Å². The number of hydrogen-bond acceptors (Lipinski definition) is 5. The topological polar surface area (TPSA) is 58.9 Å². The SMILES string of the molecule is CCOCCOC(=S)C(O)CC(O)=S. The van der Waals surface area contributed by atoms with Gasteiger partial charge in [-0.15, -0.1) is 0 Å². The van der Waals surface area contributed by atoms with Gasteiger partial charge in [0, 0.05) is 13.0 Å². The van der Waals surface area contributed by atoms with E-state index in [-0.39, 0.29) is 16.5 Å². The fourth-order valence-electron chi connectivity index (χ4n) is 0.690. The maximum Gasteiger partial charge on any atom is 0.189 e.